The summed E-state index contributed by atoms with van der Waals surface area (Å²) >= 11 is 0. The summed E-state index contributed by atoms with van der Waals surface area (Å²) in [5.74, 6) is 0.365. The van der Waals surface area contributed by atoms with Crippen molar-refractivity contribution in [2.45, 2.75) is 13.0 Å². The molecule has 0 aliphatic carbocycles. The highest BCUT2D eigenvalue weighted by Crippen LogP contribution is 2.38. The predicted octanol–water partition coefficient (Wildman–Crippen LogP) is 3.62. The number of rotatable bonds is 0. The lowest BCUT2D eigenvalue weighted by Gasteiger charge is -2.18. The van der Waals surface area contributed by atoms with Crippen LogP contribution in [-0.4, -0.2) is 16.4 Å². The highest BCUT2D eigenvalue weighted by molar-refractivity contribution is 5.91. The molecule has 0 saturated carbocycles. The molecule has 20 heavy (non-hydrogen) atoms. The smallest absolute Gasteiger partial charge is 0.144 e. The molecule has 3 aromatic rings. The number of hydrogen-bond donors (Lipinski definition) is 0. The summed E-state index contributed by atoms with van der Waals surface area (Å²) in [4.78, 5) is 0. The number of benzene rings is 2. The van der Waals surface area contributed by atoms with Gasteiger partial charge in [0.2, 0.25) is 0 Å². The van der Waals surface area contributed by atoms with E-state index in [2.05, 4.69) is 5.10 Å². The summed E-state index contributed by atoms with van der Waals surface area (Å²) < 4.78 is 22.5. The Kier molecular flexibility index (Phi) is 2.49. The third-order valence-electron chi connectivity index (χ3n) is 3.69. The van der Waals surface area contributed by atoms with Crippen LogP contribution in [-0.2, 0) is 6.54 Å². The Hall–Kier alpha value is -2.36. The van der Waals surface area contributed by atoms with E-state index in [-0.39, 0.29) is 5.82 Å². The molecule has 4 rings (SSSR count). The number of aromatic nitrogens is 2. The van der Waals surface area contributed by atoms with Gasteiger partial charge in [0.25, 0.3) is 0 Å². The highest BCUT2D eigenvalue weighted by Gasteiger charge is 2.21. The van der Waals surface area contributed by atoms with Crippen molar-refractivity contribution >= 4 is 10.8 Å². The molecule has 1 aliphatic rings. The van der Waals surface area contributed by atoms with E-state index in [0.717, 1.165) is 24.0 Å². The molecule has 0 fully saturated rings. The van der Waals surface area contributed by atoms with E-state index in [4.69, 9.17) is 4.74 Å². The molecule has 4 heteroatoms. The van der Waals surface area contributed by atoms with Crippen molar-refractivity contribution in [3.05, 3.63) is 48.4 Å². The van der Waals surface area contributed by atoms with Gasteiger partial charge in [0.15, 0.2) is 0 Å². The Morgan fingerprint density at radius 3 is 3.05 bits per heavy atom. The fourth-order valence-electron chi connectivity index (χ4n) is 2.75. The third-order valence-corrected chi connectivity index (χ3v) is 3.69. The Labute approximate surface area is 115 Å². The van der Waals surface area contributed by atoms with Crippen LogP contribution in [0.4, 0.5) is 4.39 Å². The minimum absolute atomic E-state index is 0.234. The predicted molar refractivity (Wildman–Crippen MR) is 75.2 cm³/mol. The largest absolute Gasteiger partial charge is 0.493 e. The molecule has 0 atom stereocenters. The molecular weight excluding hydrogens is 255 g/mol. The molecule has 0 bridgehead atoms. The Bertz CT molecular complexity index is 794. The van der Waals surface area contributed by atoms with Crippen molar-refractivity contribution in [2.24, 2.45) is 0 Å². The van der Waals surface area contributed by atoms with Crippen LogP contribution < -0.4 is 4.74 Å². The maximum atomic E-state index is 14.9. The fourth-order valence-corrected chi connectivity index (χ4v) is 2.75. The van der Waals surface area contributed by atoms with Gasteiger partial charge in [0.1, 0.15) is 11.6 Å². The SMILES string of the molecule is Fc1c2c(cc3ccccc13)OCCCn1nccc1-2. The van der Waals surface area contributed by atoms with Gasteiger partial charge >= 0.3 is 0 Å². The van der Waals surface area contributed by atoms with Crippen molar-refractivity contribution < 1.29 is 9.13 Å². The normalized spacial score (nSPS) is 14.1. The lowest BCUT2D eigenvalue weighted by molar-refractivity contribution is 0.294. The van der Waals surface area contributed by atoms with Gasteiger partial charge in [0.05, 0.1) is 17.9 Å². The summed E-state index contributed by atoms with van der Waals surface area (Å²) in [6.45, 7) is 1.32. The number of hydrogen-bond acceptors (Lipinski definition) is 2. The van der Waals surface area contributed by atoms with Crippen LogP contribution in [0.25, 0.3) is 22.0 Å². The summed E-state index contributed by atoms with van der Waals surface area (Å²) in [5.41, 5.74) is 1.30. The van der Waals surface area contributed by atoms with Crippen LogP contribution in [0.5, 0.6) is 5.75 Å². The lowest BCUT2D eigenvalue weighted by atomic mass is 10.0. The van der Waals surface area contributed by atoms with Crippen LogP contribution in [0.3, 0.4) is 0 Å². The minimum Gasteiger partial charge on any atom is -0.493 e. The first-order chi connectivity index (χ1) is 9.84. The Morgan fingerprint density at radius 2 is 2.10 bits per heavy atom. The van der Waals surface area contributed by atoms with Gasteiger partial charge in [-0.15, -0.1) is 0 Å². The van der Waals surface area contributed by atoms with Crippen molar-refractivity contribution in [1.82, 2.24) is 9.78 Å². The van der Waals surface area contributed by atoms with E-state index < -0.39 is 0 Å². The maximum absolute atomic E-state index is 14.9. The van der Waals surface area contributed by atoms with Gasteiger partial charge in [-0.3, -0.25) is 4.68 Å². The van der Waals surface area contributed by atoms with Crippen molar-refractivity contribution in [3.8, 4) is 17.0 Å². The maximum Gasteiger partial charge on any atom is 0.144 e. The number of aryl methyl sites for hydroxylation is 1. The molecule has 0 N–H and O–H groups in total. The average Bonchev–Trinajstić information content (AvgIpc) is 2.89. The van der Waals surface area contributed by atoms with Crippen molar-refractivity contribution in [3.63, 3.8) is 0 Å². The first-order valence-electron chi connectivity index (χ1n) is 6.71. The van der Waals surface area contributed by atoms with Gasteiger partial charge in [-0.1, -0.05) is 24.3 Å². The first-order valence-corrected chi connectivity index (χ1v) is 6.71. The summed E-state index contributed by atoms with van der Waals surface area (Å²) in [5, 5.41) is 5.74. The van der Waals surface area contributed by atoms with Crippen LogP contribution in [0.2, 0.25) is 0 Å². The first kappa shape index (κ1) is 11.5. The second-order valence-electron chi connectivity index (χ2n) is 4.93. The zero-order valence-electron chi connectivity index (χ0n) is 10.8. The highest BCUT2D eigenvalue weighted by atomic mass is 19.1. The number of ether oxygens (including phenoxy) is 1. The van der Waals surface area contributed by atoms with Crippen molar-refractivity contribution in [2.75, 3.05) is 6.61 Å². The van der Waals surface area contributed by atoms with Crippen LogP contribution in [0, 0.1) is 5.82 Å². The third kappa shape index (κ3) is 1.61. The van der Waals surface area contributed by atoms with Gasteiger partial charge in [-0.05, 0) is 17.5 Å². The van der Waals surface area contributed by atoms with Crippen LogP contribution in [0.1, 0.15) is 6.42 Å². The number of fused-ring (bicyclic) bond motifs is 4. The molecule has 0 spiro atoms. The molecule has 0 amide bonds. The monoisotopic (exact) mass is 268 g/mol. The quantitative estimate of drug-likeness (QED) is 0.622. The van der Waals surface area contributed by atoms with Crippen molar-refractivity contribution in [1.29, 1.82) is 0 Å². The summed E-state index contributed by atoms with van der Waals surface area (Å²) in [7, 11) is 0. The van der Waals surface area contributed by atoms with Gasteiger partial charge in [-0.2, -0.15) is 5.10 Å². The molecule has 100 valence electrons. The number of halogens is 1. The van der Waals surface area contributed by atoms with E-state index in [0.29, 0.717) is 23.3 Å². The Balaban J connectivity index is 2.09. The van der Waals surface area contributed by atoms with Crippen LogP contribution >= 0.6 is 0 Å². The Morgan fingerprint density at radius 1 is 1.20 bits per heavy atom. The molecule has 1 aliphatic heterocycles. The number of nitrogens with zero attached hydrogens (tertiary/aromatic N) is 2. The second-order valence-corrected chi connectivity index (χ2v) is 4.93. The van der Waals surface area contributed by atoms with Gasteiger partial charge < -0.3 is 4.74 Å². The molecule has 3 nitrogen and oxygen atoms in total. The van der Waals surface area contributed by atoms with E-state index >= 15 is 0 Å². The van der Waals surface area contributed by atoms with Gasteiger partial charge in [0, 0.05) is 24.5 Å². The molecular formula is C16H13FN2O. The zero-order valence-corrected chi connectivity index (χ0v) is 10.8. The average molecular weight is 268 g/mol. The minimum atomic E-state index is -0.234. The summed E-state index contributed by atoms with van der Waals surface area (Å²) in [6.07, 6.45) is 2.57. The van der Waals surface area contributed by atoms with E-state index in [9.17, 15) is 4.39 Å². The molecule has 0 saturated heterocycles. The molecule has 0 radical (unpaired) electrons. The molecule has 0 unspecified atom stereocenters. The van der Waals surface area contributed by atoms with E-state index in [1.54, 1.807) is 12.3 Å². The fraction of sp³-hybridized carbons (Fsp3) is 0.188. The topological polar surface area (TPSA) is 27.1 Å². The van der Waals surface area contributed by atoms with E-state index in [1.807, 2.05) is 35.0 Å². The van der Waals surface area contributed by atoms with E-state index in [1.165, 1.54) is 0 Å². The zero-order chi connectivity index (χ0) is 13.5. The second kappa shape index (κ2) is 4.34. The lowest BCUT2D eigenvalue weighted by Crippen LogP contribution is -2.12. The van der Waals surface area contributed by atoms with Crippen LogP contribution in [0.15, 0.2) is 42.6 Å². The summed E-state index contributed by atoms with van der Waals surface area (Å²) in [6, 6.07) is 11.2. The molecule has 2 heterocycles. The molecule has 2 aromatic carbocycles. The standard InChI is InChI=1S/C16H13FN2O/c17-16-12-5-2-1-4-11(12)10-14-15(16)13-6-7-18-19(13)8-3-9-20-14/h1-2,4-7,10H,3,8-9H2. The molecule has 1 aromatic heterocycles. The van der Waals surface area contributed by atoms with Gasteiger partial charge in [-0.25, -0.2) is 4.39 Å².